The van der Waals surface area contributed by atoms with Gasteiger partial charge in [0.05, 0.1) is 0 Å². The van der Waals surface area contributed by atoms with Crippen molar-refractivity contribution in [1.82, 2.24) is 15.3 Å². The first kappa shape index (κ1) is 9.12. The first-order chi connectivity index (χ1) is 6.39. The maximum atomic E-state index is 5.11. The molecule has 4 nitrogen and oxygen atoms in total. The van der Waals surface area contributed by atoms with E-state index in [9.17, 15) is 0 Å². The Morgan fingerprint density at radius 1 is 1.08 bits per heavy atom. The van der Waals surface area contributed by atoms with Gasteiger partial charge < -0.3 is 16.0 Å². The standard InChI is InChI=1S/C6H7N.C3H5N3/c1-2-4-6-7-5-3-1;4-3-5-1-2-6-3/h1-7H;1-2H,(H3,4,5,6). The molecule has 1 aliphatic rings. The Bertz CT molecular complexity index is 281. The second kappa shape index (κ2) is 5.65. The number of nitrogens with one attached hydrogen (secondary N) is 2. The lowest BCUT2D eigenvalue weighted by Crippen LogP contribution is -1.87. The number of nitrogens with zero attached hydrogens (tertiary/aromatic N) is 1. The second-order valence-corrected chi connectivity index (χ2v) is 2.24. The number of hydrogen-bond donors (Lipinski definition) is 3. The first-order valence-electron chi connectivity index (χ1n) is 3.89. The molecular weight excluding hydrogens is 164 g/mol. The average molecular weight is 176 g/mol. The van der Waals surface area contributed by atoms with E-state index in [0.29, 0.717) is 5.95 Å². The van der Waals surface area contributed by atoms with Crippen LogP contribution in [0.2, 0.25) is 0 Å². The van der Waals surface area contributed by atoms with E-state index >= 15 is 0 Å². The van der Waals surface area contributed by atoms with E-state index in [1.165, 1.54) is 0 Å². The van der Waals surface area contributed by atoms with Crippen molar-refractivity contribution in [3.8, 4) is 0 Å². The number of rotatable bonds is 0. The molecule has 4 heteroatoms. The van der Waals surface area contributed by atoms with Gasteiger partial charge in [-0.25, -0.2) is 4.98 Å². The summed E-state index contributed by atoms with van der Waals surface area (Å²) in [5.41, 5.74) is 5.11. The third kappa shape index (κ3) is 4.47. The molecular formula is C9H12N4. The Labute approximate surface area is 76.9 Å². The Morgan fingerprint density at radius 2 is 1.77 bits per heavy atom. The van der Waals surface area contributed by atoms with E-state index in [1.54, 1.807) is 12.4 Å². The summed E-state index contributed by atoms with van der Waals surface area (Å²) in [6.45, 7) is 0. The van der Waals surface area contributed by atoms with Gasteiger partial charge in [0.25, 0.3) is 0 Å². The Hall–Kier alpha value is -1.97. The molecule has 0 radical (unpaired) electrons. The fourth-order valence-corrected chi connectivity index (χ4v) is 0.684. The SMILES string of the molecule is C1=CC=CNC=C1.Nc1ncc[nH]1. The molecule has 0 aromatic carbocycles. The van der Waals surface area contributed by atoms with Crippen molar-refractivity contribution in [2.24, 2.45) is 0 Å². The van der Waals surface area contributed by atoms with Crippen LogP contribution in [-0.2, 0) is 0 Å². The molecule has 0 atom stereocenters. The molecule has 68 valence electrons. The summed E-state index contributed by atoms with van der Waals surface area (Å²) in [6, 6.07) is 0. The lowest BCUT2D eigenvalue weighted by atomic mass is 10.5. The predicted octanol–water partition coefficient (Wildman–Crippen LogP) is 1.17. The summed E-state index contributed by atoms with van der Waals surface area (Å²) in [7, 11) is 0. The molecule has 0 aliphatic carbocycles. The monoisotopic (exact) mass is 176 g/mol. The molecule has 4 N–H and O–H groups in total. The van der Waals surface area contributed by atoms with Crippen molar-refractivity contribution in [3.63, 3.8) is 0 Å². The molecule has 0 fully saturated rings. The number of nitrogen functional groups attached to an aromatic ring is 1. The first-order valence-corrected chi connectivity index (χ1v) is 3.89. The highest BCUT2D eigenvalue weighted by Crippen LogP contribution is 1.82. The van der Waals surface area contributed by atoms with Crippen LogP contribution < -0.4 is 11.1 Å². The van der Waals surface area contributed by atoms with E-state index in [0.717, 1.165) is 0 Å². The zero-order chi connectivity index (χ0) is 9.36. The Kier molecular flexibility index (Phi) is 3.96. The van der Waals surface area contributed by atoms with Crippen molar-refractivity contribution < 1.29 is 0 Å². The molecule has 0 unspecified atom stereocenters. The minimum absolute atomic E-state index is 0.468. The minimum Gasteiger partial charge on any atom is -0.369 e. The van der Waals surface area contributed by atoms with Crippen molar-refractivity contribution in [1.29, 1.82) is 0 Å². The lowest BCUT2D eigenvalue weighted by molar-refractivity contribution is 1.20. The van der Waals surface area contributed by atoms with Crippen LogP contribution in [0, 0.1) is 0 Å². The molecule has 1 aromatic rings. The van der Waals surface area contributed by atoms with Crippen LogP contribution in [0.25, 0.3) is 0 Å². The summed E-state index contributed by atoms with van der Waals surface area (Å²) < 4.78 is 0. The number of aromatic amines is 1. The molecule has 2 heterocycles. The molecule has 0 spiro atoms. The van der Waals surface area contributed by atoms with Gasteiger partial charge in [-0.05, 0) is 12.2 Å². The van der Waals surface area contributed by atoms with Crippen LogP contribution in [-0.4, -0.2) is 9.97 Å². The average Bonchev–Trinajstić information content (AvgIpc) is 2.48. The van der Waals surface area contributed by atoms with Gasteiger partial charge in [0.15, 0.2) is 5.95 Å². The van der Waals surface area contributed by atoms with Crippen LogP contribution >= 0.6 is 0 Å². The zero-order valence-electron chi connectivity index (χ0n) is 7.14. The van der Waals surface area contributed by atoms with Crippen molar-refractivity contribution in [2.45, 2.75) is 0 Å². The molecule has 0 saturated carbocycles. The molecule has 2 rings (SSSR count). The van der Waals surface area contributed by atoms with E-state index in [-0.39, 0.29) is 0 Å². The maximum absolute atomic E-state index is 5.11. The van der Waals surface area contributed by atoms with Gasteiger partial charge in [-0.15, -0.1) is 0 Å². The topological polar surface area (TPSA) is 66.7 Å². The molecule has 0 bridgehead atoms. The largest absolute Gasteiger partial charge is 0.369 e. The summed E-state index contributed by atoms with van der Waals surface area (Å²) in [4.78, 5) is 6.31. The van der Waals surface area contributed by atoms with Crippen molar-refractivity contribution in [3.05, 3.63) is 49.1 Å². The zero-order valence-corrected chi connectivity index (χ0v) is 7.14. The summed E-state index contributed by atoms with van der Waals surface area (Å²) >= 11 is 0. The molecule has 0 saturated heterocycles. The van der Waals surface area contributed by atoms with E-state index in [1.807, 2.05) is 36.7 Å². The van der Waals surface area contributed by atoms with E-state index in [4.69, 9.17) is 5.73 Å². The number of aromatic nitrogens is 2. The number of nitrogens with two attached hydrogens (primary N) is 1. The smallest absolute Gasteiger partial charge is 0.197 e. The highest BCUT2D eigenvalue weighted by Gasteiger charge is 1.74. The Morgan fingerprint density at radius 3 is 2.15 bits per heavy atom. The van der Waals surface area contributed by atoms with Crippen molar-refractivity contribution >= 4 is 5.95 Å². The lowest BCUT2D eigenvalue weighted by Gasteiger charge is -1.79. The van der Waals surface area contributed by atoms with E-state index in [2.05, 4.69) is 15.3 Å². The van der Waals surface area contributed by atoms with Crippen LogP contribution in [0.15, 0.2) is 49.1 Å². The molecule has 1 aromatic heterocycles. The van der Waals surface area contributed by atoms with Gasteiger partial charge in [-0.1, -0.05) is 12.2 Å². The fourth-order valence-electron chi connectivity index (χ4n) is 0.684. The van der Waals surface area contributed by atoms with Gasteiger partial charge in [-0.2, -0.15) is 0 Å². The van der Waals surface area contributed by atoms with Gasteiger partial charge in [0.1, 0.15) is 0 Å². The number of H-pyrrole nitrogens is 1. The highest BCUT2D eigenvalue weighted by molar-refractivity contribution is 5.14. The highest BCUT2D eigenvalue weighted by atomic mass is 15.0. The summed E-state index contributed by atoms with van der Waals surface area (Å²) in [5.74, 6) is 0.468. The number of hydrogen-bond acceptors (Lipinski definition) is 3. The van der Waals surface area contributed by atoms with Gasteiger partial charge in [-0.3, -0.25) is 0 Å². The molecule has 0 amide bonds. The molecule has 1 aliphatic heterocycles. The second-order valence-electron chi connectivity index (χ2n) is 2.24. The van der Waals surface area contributed by atoms with Crippen LogP contribution in [0.3, 0.4) is 0 Å². The Balaban J connectivity index is 0.000000132. The van der Waals surface area contributed by atoms with E-state index < -0.39 is 0 Å². The number of allylic oxidation sites excluding steroid dienone is 4. The van der Waals surface area contributed by atoms with Crippen LogP contribution in [0.4, 0.5) is 5.95 Å². The quantitative estimate of drug-likeness (QED) is 0.555. The summed E-state index contributed by atoms with van der Waals surface area (Å²) in [6.07, 6.45) is 14.9. The van der Waals surface area contributed by atoms with Gasteiger partial charge in [0, 0.05) is 24.8 Å². The predicted molar refractivity (Wildman–Crippen MR) is 53.6 cm³/mol. The minimum atomic E-state index is 0.468. The maximum Gasteiger partial charge on any atom is 0.197 e. The normalized spacial score (nSPS) is 12.6. The fraction of sp³-hybridized carbons (Fsp3) is 0. The van der Waals surface area contributed by atoms with Gasteiger partial charge in [0.2, 0.25) is 0 Å². The van der Waals surface area contributed by atoms with Crippen molar-refractivity contribution in [2.75, 3.05) is 5.73 Å². The molecule has 13 heavy (non-hydrogen) atoms. The number of imidazole rings is 1. The third-order valence-corrected chi connectivity index (χ3v) is 1.24. The summed E-state index contributed by atoms with van der Waals surface area (Å²) in [5, 5.41) is 2.92. The van der Waals surface area contributed by atoms with Crippen LogP contribution in [0.1, 0.15) is 0 Å². The van der Waals surface area contributed by atoms with Gasteiger partial charge >= 0.3 is 0 Å². The van der Waals surface area contributed by atoms with Crippen LogP contribution in [0.5, 0.6) is 0 Å². The third-order valence-electron chi connectivity index (χ3n) is 1.24. The number of anilines is 1.